The summed E-state index contributed by atoms with van der Waals surface area (Å²) in [5.74, 6) is -0.0430. The van der Waals surface area contributed by atoms with Crippen LogP contribution in [-0.4, -0.2) is 19.0 Å². The first kappa shape index (κ1) is 17.5. The van der Waals surface area contributed by atoms with Crippen molar-refractivity contribution in [2.24, 2.45) is 0 Å². The van der Waals surface area contributed by atoms with Gasteiger partial charge >= 0.3 is 6.03 Å². The second-order valence-corrected chi connectivity index (χ2v) is 5.99. The smallest absolute Gasteiger partial charge is 0.319 e. The largest absolute Gasteiger partial charge is 0.359 e. The first-order chi connectivity index (χ1) is 12.7. The fourth-order valence-electron chi connectivity index (χ4n) is 2.78. The first-order valence-corrected chi connectivity index (χ1v) is 8.47. The molecule has 0 saturated carbocycles. The minimum Gasteiger partial charge on any atom is -0.359 e. The lowest BCUT2D eigenvalue weighted by molar-refractivity contribution is -0.119. The summed E-state index contributed by atoms with van der Waals surface area (Å²) in [6, 6.07) is 21.1. The average molecular weight is 347 g/mol. The molecular weight excluding hydrogens is 326 g/mol. The fraction of sp³-hybridized carbons (Fsp3) is 0.143. The number of fused-ring (bicyclic) bond motifs is 1. The first-order valence-electron chi connectivity index (χ1n) is 8.47. The molecule has 26 heavy (non-hydrogen) atoms. The molecule has 0 aliphatic carbocycles. The summed E-state index contributed by atoms with van der Waals surface area (Å²) in [7, 11) is 1.61. The number of nitrogens with one attached hydrogen (secondary N) is 3. The van der Waals surface area contributed by atoms with Crippen molar-refractivity contribution in [3.63, 3.8) is 0 Å². The molecular formula is C21H21N3O2. The molecule has 0 spiro atoms. The van der Waals surface area contributed by atoms with E-state index in [1.807, 2.05) is 36.4 Å². The van der Waals surface area contributed by atoms with Gasteiger partial charge in [0.15, 0.2) is 0 Å². The lowest BCUT2D eigenvalue weighted by atomic mass is 10.0. The molecule has 5 heteroatoms. The van der Waals surface area contributed by atoms with Crippen molar-refractivity contribution in [1.29, 1.82) is 0 Å². The van der Waals surface area contributed by atoms with Gasteiger partial charge in [-0.25, -0.2) is 4.79 Å². The van der Waals surface area contributed by atoms with E-state index in [1.165, 1.54) is 0 Å². The predicted molar refractivity (Wildman–Crippen MR) is 104 cm³/mol. The molecule has 132 valence electrons. The van der Waals surface area contributed by atoms with Crippen LogP contribution < -0.4 is 16.0 Å². The highest BCUT2D eigenvalue weighted by Crippen LogP contribution is 2.18. The third-order valence-electron chi connectivity index (χ3n) is 4.17. The number of urea groups is 1. The Morgan fingerprint density at radius 1 is 0.885 bits per heavy atom. The molecule has 5 nitrogen and oxygen atoms in total. The van der Waals surface area contributed by atoms with Crippen LogP contribution >= 0.6 is 0 Å². The van der Waals surface area contributed by atoms with Gasteiger partial charge in [-0.15, -0.1) is 0 Å². The van der Waals surface area contributed by atoms with Crippen LogP contribution in [0, 0.1) is 0 Å². The van der Waals surface area contributed by atoms with E-state index in [9.17, 15) is 9.59 Å². The van der Waals surface area contributed by atoms with Crippen LogP contribution in [0.5, 0.6) is 0 Å². The van der Waals surface area contributed by atoms with Gasteiger partial charge in [0.05, 0.1) is 6.42 Å². The summed E-state index contributed by atoms with van der Waals surface area (Å²) in [6.45, 7) is 0.446. The van der Waals surface area contributed by atoms with E-state index in [0.717, 1.165) is 21.9 Å². The van der Waals surface area contributed by atoms with Gasteiger partial charge in [0.25, 0.3) is 0 Å². The van der Waals surface area contributed by atoms with Gasteiger partial charge in [-0.05, 0) is 34.0 Å². The number of rotatable bonds is 5. The molecule has 3 rings (SSSR count). The van der Waals surface area contributed by atoms with Crippen molar-refractivity contribution in [1.82, 2.24) is 10.6 Å². The van der Waals surface area contributed by atoms with E-state index in [1.54, 1.807) is 19.2 Å². The normalized spacial score (nSPS) is 10.3. The van der Waals surface area contributed by atoms with Crippen LogP contribution in [0.3, 0.4) is 0 Å². The van der Waals surface area contributed by atoms with Crippen molar-refractivity contribution in [2.75, 3.05) is 12.4 Å². The molecule has 0 radical (unpaired) electrons. The Hall–Kier alpha value is -3.34. The van der Waals surface area contributed by atoms with Gasteiger partial charge < -0.3 is 16.0 Å². The molecule has 0 bridgehead atoms. The van der Waals surface area contributed by atoms with Gasteiger partial charge in [0.1, 0.15) is 0 Å². The minimum absolute atomic E-state index is 0.0430. The molecule has 3 aromatic rings. The number of likely N-dealkylation sites (N-methyl/N-ethyl adjacent to an activating group) is 1. The predicted octanol–water partition coefficient (Wildman–Crippen LogP) is 3.45. The second-order valence-electron chi connectivity index (χ2n) is 5.99. The molecule has 0 saturated heterocycles. The molecule has 0 aliphatic rings. The van der Waals surface area contributed by atoms with E-state index in [2.05, 4.69) is 34.1 Å². The van der Waals surface area contributed by atoms with Crippen molar-refractivity contribution >= 4 is 28.4 Å². The molecule has 0 fully saturated rings. The summed E-state index contributed by atoms with van der Waals surface area (Å²) in [5, 5.41) is 10.6. The Labute approximate surface area is 152 Å². The summed E-state index contributed by atoms with van der Waals surface area (Å²) in [6.07, 6.45) is 0.323. The van der Waals surface area contributed by atoms with E-state index in [-0.39, 0.29) is 11.9 Å². The maximum Gasteiger partial charge on any atom is 0.319 e. The number of amides is 3. The molecule has 0 atom stereocenters. The molecule has 3 N–H and O–H groups in total. The van der Waals surface area contributed by atoms with Gasteiger partial charge in [0.2, 0.25) is 5.91 Å². The molecule has 0 aliphatic heterocycles. The maximum atomic E-state index is 12.1. The SMILES string of the molecule is CNC(=O)Cc1ccc(NC(=O)NCc2cccc3ccccc23)cc1. The Morgan fingerprint density at radius 3 is 2.38 bits per heavy atom. The Morgan fingerprint density at radius 2 is 1.62 bits per heavy atom. The van der Waals surface area contributed by atoms with Crippen LogP contribution in [0.2, 0.25) is 0 Å². The number of carbonyl (C=O) groups excluding carboxylic acids is 2. The maximum absolute atomic E-state index is 12.1. The van der Waals surface area contributed by atoms with E-state index >= 15 is 0 Å². The van der Waals surface area contributed by atoms with Crippen LogP contribution in [0.1, 0.15) is 11.1 Å². The highest BCUT2D eigenvalue weighted by Gasteiger charge is 2.05. The van der Waals surface area contributed by atoms with Crippen LogP contribution in [-0.2, 0) is 17.8 Å². The van der Waals surface area contributed by atoms with Crippen molar-refractivity contribution in [3.05, 3.63) is 77.9 Å². The molecule has 0 heterocycles. The van der Waals surface area contributed by atoms with Crippen molar-refractivity contribution in [2.45, 2.75) is 13.0 Å². The molecule has 0 unspecified atom stereocenters. The quantitative estimate of drug-likeness (QED) is 0.661. The van der Waals surface area contributed by atoms with E-state index < -0.39 is 0 Å². The number of anilines is 1. The third kappa shape index (κ3) is 4.39. The highest BCUT2D eigenvalue weighted by atomic mass is 16.2. The van der Waals surface area contributed by atoms with Gasteiger partial charge in [-0.1, -0.05) is 54.6 Å². The van der Waals surface area contributed by atoms with Crippen molar-refractivity contribution in [3.8, 4) is 0 Å². The van der Waals surface area contributed by atoms with E-state index in [4.69, 9.17) is 0 Å². The number of carbonyl (C=O) groups is 2. The summed E-state index contributed by atoms with van der Waals surface area (Å²) < 4.78 is 0. The summed E-state index contributed by atoms with van der Waals surface area (Å²) in [4.78, 5) is 23.5. The van der Waals surface area contributed by atoms with Crippen LogP contribution in [0.4, 0.5) is 10.5 Å². The van der Waals surface area contributed by atoms with Gasteiger partial charge in [0, 0.05) is 19.3 Å². The van der Waals surface area contributed by atoms with Gasteiger partial charge in [-0.2, -0.15) is 0 Å². The minimum atomic E-state index is -0.267. The summed E-state index contributed by atoms with van der Waals surface area (Å²) >= 11 is 0. The molecule has 0 aromatic heterocycles. The summed E-state index contributed by atoms with van der Waals surface area (Å²) in [5.41, 5.74) is 2.64. The number of hydrogen-bond donors (Lipinski definition) is 3. The lowest BCUT2D eigenvalue weighted by Gasteiger charge is -2.10. The third-order valence-corrected chi connectivity index (χ3v) is 4.17. The number of hydrogen-bond acceptors (Lipinski definition) is 2. The Bertz CT molecular complexity index is 915. The zero-order valence-corrected chi connectivity index (χ0v) is 14.6. The lowest BCUT2D eigenvalue weighted by Crippen LogP contribution is -2.28. The number of benzene rings is 3. The molecule has 3 amide bonds. The highest BCUT2D eigenvalue weighted by molar-refractivity contribution is 5.90. The second kappa shape index (κ2) is 8.16. The van der Waals surface area contributed by atoms with Crippen LogP contribution in [0.15, 0.2) is 66.7 Å². The van der Waals surface area contributed by atoms with Gasteiger partial charge in [-0.3, -0.25) is 4.79 Å². The van der Waals surface area contributed by atoms with Crippen molar-refractivity contribution < 1.29 is 9.59 Å². The molecule has 3 aromatic carbocycles. The fourth-order valence-corrected chi connectivity index (χ4v) is 2.78. The Balaban J connectivity index is 1.58. The zero-order valence-electron chi connectivity index (χ0n) is 14.6. The topological polar surface area (TPSA) is 70.2 Å². The van der Waals surface area contributed by atoms with Crippen LogP contribution in [0.25, 0.3) is 10.8 Å². The standard InChI is InChI=1S/C21H21N3O2/c1-22-20(25)13-15-9-11-18(12-10-15)24-21(26)23-14-17-7-4-6-16-5-2-3-8-19(16)17/h2-12H,13-14H2,1H3,(H,22,25)(H2,23,24,26). The average Bonchev–Trinajstić information content (AvgIpc) is 2.67. The zero-order chi connectivity index (χ0) is 18.4. The Kier molecular flexibility index (Phi) is 5.49. The van der Waals surface area contributed by atoms with E-state index in [0.29, 0.717) is 18.7 Å². The monoisotopic (exact) mass is 347 g/mol.